The third kappa shape index (κ3) is 2.05. The van der Waals surface area contributed by atoms with Gasteiger partial charge < -0.3 is 10.8 Å². The number of halogens is 2. The molecule has 0 radical (unpaired) electrons. The summed E-state index contributed by atoms with van der Waals surface area (Å²) in [6, 6.07) is 1.24. The van der Waals surface area contributed by atoms with E-state index >= 15 is 0 Å². The Bertz CT molecular complexity index is 329. The van der Waals surface area contributed by atoms with Gasteiger partial charge in [0.25, 0.3) is 6.43 Å². The summed E-state index contributed by atoms with van der Waals surface area (Å²) < 4.78 is 25.1. The number of hydrogen-bond acceptors (Lipinski definition) is 3. The van der Waals surface area contributed by atoms with Crippen molar-refractivity contribution in [3.8, 4) is 0 Å². The molecule has 3 nitrogen and oxygen atoms in total. The third-order valence-corrected chi connectivity index (χ3v) is 2.02. The second kappa shape index (κ2) is 4.43. The Morgan fingerprint density at radius 2 is 2.21 bits per heavy atom. The predicted molar refractivity (Wildman–Crippen MR) is 47.7 cm³/mol. The van der Waals surface area contributed by atoms with Crippen LogP contribution in [0.15, 0.2) is 6.07 Å². The van der Waals surface area contributed by atoms with Crippen molar-refractivity contribution in [3.05, 3.63) is 28.6 Å². The van der Waals surface area contributed by atoms with E-state index in [2.05, 4.69) is 4.98 Å². The van der Waals surface area contributed by atoms with Crippen molar-refractivity contribution < 1.29 is 13.9 Å². The highest BCUT2D eigenvalue weighted by Crippen LogP contribution is 2.25. The van der Waals surface area contributed by atoms with E-state index in [0.29, 0.717) is 11.4 Å². The molecule has 5 heteroatoms. The topological polar surface area (TPSA) is 59.1 Å². The molecule has 0 atom stereocenters. The van der Waals surface area contributed by atoms with Gasteiger partial charge in [0.2, 0.25) is 0 Å². The van der Waals surface area contributed by atoms with Crippen LogP contribution in [0.3, 0.4) is 0 Å². The average Bonchev–Trinajstić information content (AvgIpc) is 2.16. The summed E-state index contributed by atoms with van der Waals surface area (Å²) >= 11 is 0. The van der Waals surface area contributed by atoms with Gasteiger partial charge in [-0.3, -0.25) is 4.98 Å². The normalized spacial score (nSPS) is 11.0. The molecule has 1 aromatic rings. The number of hydrogen-bond donors (Lipinski definition) is 2. The average molecular weight is 202 g/mol. The SMILES string of the molecule is Cc1nc(CN)cc(C(F)F)c1CO. The maximum atomic E-state index is 12.5. The van der Waals surface area contributed by atoms with Crippen molar-refractivity contribution in [2.45, 2.75) is 26.5 Å². The highest BCUT2D eigenvalue weighted by atomic mass is 19.3. The number of aliphatic hydroxyl groups excluding tert-OH is 1. The van der Waals surface area contributed by atoms with Crippen LogP contribution in [0.5, 0.6) is 0 Å². The molecule has 0 aromatic carbocycles. The number of pyridine rings is 1. The summed E-state index contributed by atoms with van der Waals surface area (Å²) in [5.74, 6) is 0. The monoisotopic (exact) mass is 202 g/mol. The molecule has 1 aromatic heterocycles. The fourth-order valence-electron chi connectivity index (χ4n) is 1.30. The van der Waals surface area contributed by atoms with Crippen LogP contribution in [0.2, 0.25) is 0 Å². The van der Waals surface area contributed by atoms with Crippen LogP contribution >= 0.6 is 0 Å². The molecule has 0 unspecified atom stereocenters. The van der Waals surface area contributed by atoms with Crippen molar-refractivity contribution in [3.63, 3.8) is 0 Å². The van der Waals surface area contributed by atoms with Crippen LogP contribution in [0.1, 0.15) is 28.9 Å². The van der Waals surface area contributed by atoms with E-state index in [4.69, 9.17) is 10.8 Å². The lowest BCUT2D eigenvalue weighted by Gasteiger charge is -2.11. The second-order valence-electron chi connectivity index (χ2n) is 2.93. The zero-order valence-corrected chi connectivity index (χ0v) is 7.80. The van der Waals surface area contributed by atoms with E-state index < -0.39 is 13.0 Å². The predicted octanol–water partition coefficient (Wildman–Crippen LogP) is 1.28. The van der Waals surface area contributed by atoms with Gasteiger partial charge in [0.1, 0.15) is 0 Å². The summed E-state index contributed by atoms with van der Waals surface area (Å²) in [5.41, 5.74) is 6.14. The summed E-state index contributed by atoms with van der Waals surface area (Å²) in [5, 5.41) is 8.91. The van der Waals surface area contributed by atoms with Gasteiger partial charge in [-0.1, -0.05) is 0 Å². The summed E-state index contributed by atoms with van der Waals surface area (Å²) in [4.78, 5) is 3.99. The number of nitrogens with two attached hydrogens (primary N) is 1. The van der Waals surface area contributed by atoms with Crippen molar-refractivity contribution in [1.29, 1.82) is 0 Å². The molecular weight excluding hydrogens is 190 g/mol. The van der Waals surface area contributed by atoms with Gasteiger partial charge >= 0.3 is 0 Å². The van der Waals surface area contributed by atoms with Gasteiger partial charge in [0.05, 0.1) is 12.3 Å². The van der Waals surface area contributed by atoms with Crippen LogP contribution < -0.4 is 5.73 Å². The lowest BCUT2D eigenvalue weighted by Crippen LogP contribution is -2.07. The highest BCUT2D eigenvalue weighted by Gasteiger charge is 2.16. The number of aryl methyl sites for hydroxylation is 1. The lowest BCUT2D eigenvalue weighted by molar-refractivity contribution is 0.146. The third-order valence-electron chi connectivity index (χ3n) is 2.02. The van der Waals surface area contributed by atoms with Crippen LogP contribution in [0, 0.1) is 6.92 Å². The first-order valence-electron chi connectivity index (χ1n) is 4.18. The van der Waals surface area contributed by atoms with Crippen molar-refractivity contribution in [2.75, 3.05) is 0 Å². The Morgan fingerprint density at radius 3 is 2.64 bits per heavy atom. The molecule has 14 heavy (non-hydrogen) atoms. The molecule has 0 saturated carbocycles. The van der Waals surface area contributed by atoms with E-state index in [1.807, 2.05) is 0 Å². The van der Waals surface area contributed by atoms with Crippen molar-refractivity contribution in [2.24, 2.45) is 5.73 Å². The molecule has 1 rings (SSSR count). The van der Waals surface area contributed by atoms with Crippen LogP contribution in [-0.2, 0) is 13.2 Å². The minimum atomic E-state index is -2.61. The second-order valence-corrected chi connectivity index (χ2v) is 2.93. The number of rotatable bonds is 3. The largest absolute Gasteiger partial charge is 0.392 e. The van der Waals surface area contributed by atoms with Gasteiger partial charge in [-0.2, -0.15) is 0 Å². The Morgan fingerprint density at radius 1 is 1.57 bits per heavy atom. The van der Waals surface area contributed by atoms with E-state index in [1.54, 1.807) is 6.92 Å². The smallest absolute Gasteiger partial charge is 0.264 e. The van der Waals surface area contributed by atoms with Gasteiger partial charge in [-0.05, 0) is 13.0 Å². The van der Waals surface area contributed by atoms with Crippen molar-refractivity contribution >= 4 is 0 Å². The van der Waals surface area contributed by atoms with Crippen LogP contribution in [0.25, 0.3) is 0 Å². The van der Waals surface area contributed by atoms with Gasteiger partial charge in [0, 0.05) is 23.4 Å². The molecule has 0 amide bonds. The molecule has 0 aliphatic carbocycles. The molecule has 3 N–H and O–H groups in total. The maximum Gasteiger partial charge on any atom is 0.264 e. The first-order chi connectivity index (χ1) is 6.60. The summed E-state index contributed by atoms with van der Waals surface area (Å²) in [6.45, 7) is 1.27. The van der Waals surface area contributed by atoms with Crippen LogP contribution in [0.4, 0.5) is 8.78 Å². The molecule has 0 aliphatic rings. The summed E-state index contributed by atoms with van der Waals surface area (Å²) in [7, 11) is 0. The van der Waals surface area contributed by atoms with E-state index in [-0.39, 0.29) is 17.7 Å². The van der Waals surface area contributed by atoms with Gasteiger partial charge in [-0.15, -0.1) is 0 Å². The maximum absolute atomic E-state index is 12.5. The zero-order chi connectivity index (χ0) is 10.7. The van der Waals surface area contributed by atoms with E-state index in [9.17, 15) is 8.78 Å². The highest BCUT2D eigenvalue weighted by molar-refractivity contribution is 5.32. The zero-order valence-electron chi connectivity index (χ0n) is 7.80. The fourth-order valence-corrected chi connectivity index (χ4v) is 1.30. The molecule has 0 bridgehead atoms. The lowest BCUT2D eigenvalue weighted by atomic mass is 10.1. The number of nitrogens with zero attached hydrogens (tertiary/aromatic N) is 1. The standard InChI is InChI=1S/C9H12F2N2O/c1-5-8(4-14)7(9(10)11)2-6(3-12)13-5/h2,9,14H,3-4,12H2,1H3. The molecule has 1 heterocycles. The van der Waals surface area contributed by atoms with Crippen LogP contribution in [-0.4, -0.2) is 10.1 Å². The number of alkyl halides is 2. The van der Waals surface area contributed by atoms with Gasteiger partial charge in [-0.25, -0.2) is 8.78 Å². The number of aromatic nitrogens is 1. The molecule has 0 spiro atoms. The fraction of sp³-hybridized carbons (Fsp3) is 0.444. The molecular formula is C9H12F2N2O. The Hall–Kier alpha value is -1.07. The molecule has 78 valence electrons. The molecule has 0 saturated heterocycles. The number of aliphatic hydroxyl groups is 1. The van der Waals surface area contributed by atoms with E-state index in [0.717, 1.165) is 0 Å². The minimum absolute atomic E-state index is 0.117. The van der Waals surface area contributed by atoms with Gasteiger partial charge in [0.15, 0.2) is 0 Å². The Balaban J connectivity index is 3.28. The van der Waals surface area contributed by atoms with E-state index in [1.165, 1.54) is 6.07 Å². The van der Waals surface area contributed by atoms with Crippen molar-refractivity contribution in [1.82, 2.24) is 4.98 Å². The first-order valence-corrected chi connectivity index (χ1v) is 4.18. The quantitative estimate of drug-likeness (QED) is 0.776. The molecule has 0 fully saturated rings. The Kier molecular flexibility index (Phi) is 3.49. The first kappa shape index (κ1) is 11.0. The molecule has 0 aliphatic heterocycles. The minimum Gasteiger partial charge on any atom is -0.392 e. The Labute approximate surface area is 80.6 Å². The summed E-state index contributed by atoms with van der Waals surface area (Å²) in [6.07, 6.45) is -2.61.